The normalized spacial score (nSPS) is 19.6. The standard InChI is InChI=1S/C27H24O4/c1-2-18-30-24-19-23(20-12-6-3-7-13-20)31-27(24,25(28)21-14-8-4-9-15-21)26(29)22-16-10-5-11-17-22/h2-17,23-24H,1,18-19H2/t23-,24-/m1/s1. The molecule has 0 N–H and O–H groups in total. The second-order valence-electron chi connectivity index (χ2n) is 7.49. The van der Waals surface area contributed by atoms with E-state index in [9.17, 15) is 9.59 Å². The van der Waals surface area contributed by atoms with Gasteiger partial charge in [0.25, 0.3) is 0 Å². The monoisotopic (exact) mass is 412 g/mol. The SMILES string of the molecule is C=CCO[C@@H]1C[C@H](c2ccccc2)OC1(C(=O)c1ccccc1)C(=O)c1ccccc1. The molecule has 1 heterocycles. The Bertz CT molecular complexity index is 993. The maximum absolute atomic E-state index is 13.9. The summed E-state index contributed by atoms with van der Waals surface area (Å²) >= 11 is 0. The van der Waals surface area contributed by atoms with Crippen molar-refractivity contribution in [2.75, 3.05) is 6.61 Å². The van der Waals surface area contributed by atoms with Crippen LogP contribution in [0.15, 0.2) is 104 Å². The molecule has 1 aliphatic heterocycles. The van der Waals surface area contributed by atoms with Gasteiger partial charge in [-0.05, 0) is 5.56 Å². The van der Waals surface area contributed by atoms with Crippen molar-refractivity contribution in [2.24, 2.45) is 0 Å². The summed E-state index contributed by atoms with van der Waals surface area (Å²) in [6.07, 6.45) is 0.794. The fourth-order valence-corrected chi connectivity index (χ4v) is 4.06. The van der Waals surface area contributed by atoms with Crippen molar-refractivity contribution in [3.05, 3.63) is 120 Å². The van der Waals surface area contributed by atoms with E-state index in [1.807, 2.05) is 42.5 Å². The Morgan fingerprint density at radius 3 is 1.84 bits per heavy atom. The molecule has 4 heteroatoms. The first kappa shape index (κ1) is 20.9. The number of Topliss-reactive ketones (excluding diaryl/α,β-unsaturated/α-hetero) is 2. The summed E-state index contributed by atoms with van der Waals surface area (Å²) in [6.45, 7) is 3.93. The number of rotatable bonds is 8. The van der Waals surface area contributed by atoms with E-state index in [4.69, 9.17) is 9.47 Å². The number of carbonyl (C=O) groups excluding carboxylic acids is 2. The molecule has 156 valence electrons. The van der Waals surface area contributed by atoms with Crippen molar-refractivity contribution in [1.29, 1.82) is 0 Å². The quantitative estimate of drug-likeness (QED) is 0.289. The van der Waals surface area contributed by atoms with Gasteiger partial charge < -0.3 is 9.47 Å². The average molecular weight is 412 g/mol. The van der Waals surface area contributed by atoms with Crippen LogP contribution in [-0.2, 0) is 9.47 Å². The van der Waals surface area contributed by atoms with Crippen LogP contribution < -0.4 is 0 Å². The number of ketones is 2. The zero-order valence-electron chi connectivity index (χ0n) is 17.1. The van der Waals surface area contributed by atoms with Gasteiger partial charge >= 0.3 is 0 Å². The van der Waals surface area contributed by atoms with Crippen LogP contribution in [0.5, 0.6) is 0 Å². The third kappa shape index (κ3) is 4.00. The molecule has 3 aromatic carbocycles. The number of hydrogen-bond donors (Lipinski definition) is 0. The molecule has 0 bridgehead atoms. The van der Waals surface area contributed by atoms with Crippen molar-refractivity contribution in [2.45, 2.75) is 24.2 Å². The highest BCUT2D eigenvalue weighted by Gasteiger charge is 2.60. The molecule has 1 saturated heterocycles. The fraction of sp³-hybridized carbons (Fsp3) is 0.185. The van der Waals surface area contributed by atoms with Crippen LogP contribution in [0.25, 0.3) is 0 Å². The van der Waals surface area contributed by atoms with Crippen molar-refractivity contribution in [3.8, 4) is 0 Å². The second-order valence-corrected chi connectivity index (χ2v) is 7.49. The molecule has 1 aliphatic rings. The lowest BCUT2D eigenvalue weighted by atomic mass is 9.81. The first-order chi connectivity index (χ1) is 15.2. The third-order valence-corrected chi connectivity index (χ3v) is 5.54. The largest absolute Gasteiger partial charge is 0.370 e. The molecule has 4 rings (SSSR count). The number of ether oxygens (including phenoxy) is 2. The predicted molar refractivity (Wildman–Crippen MR) is 119 cm³/mol. The van der Waals surface area contributed by atoms with Crippen LogP contribution >= 0.6 is 0 Å². The average Bonchev–Trinajstić information content (AvgIpc) is 3.24. The third-order valence-electron chi connectivity index (χ3n) is 5.54. The Labute approximate surface area is 182 Å². The minimum absolute atomic E-state index is 0.210. The smallest absolute Gasteiger partial charge is 0.220 e. The fourth-order valence-electron chi connectivity index (χ4n) is 4.06. The van der Waals surface area contributed by atoms with Crippen molar-refractivity contribution >= 4 is 11.6 Å². The molecular formula is C27H24O4. The highest BCUT2D eigenvalue weighted by atomic mass is 16.6. The molecular weight excluding hydrogens is 388 g/mol. The molecule has 0 unspecified atom stereocenters. The van der Waals surface area contributed by atoms with E-state index < -0.39 is 29.4 Å². The van der Waals surface area contributed by atoms with Gasteiger partial charge in [-0.1, -0.05) is 97.1 Å². The zero-order chi connectivity index (χ0) is 21.7. The summed E-state index contributed by atoms with van der Waals surface area (Å²) in [6, 6.07) is 27.2. The maximum atomic E-state index is 13.9. The highest BCUT2D eigenvalue weighted by molar-refractivity contribution is 6.23. The molecule has 0 radical (unpaired) electrons. The first-order valence-corrected chi connectivity index (χ1v) is 10.3. The van der Waals surface area contributed by atoms with E-state index in [0.717, 1.165) is 5.56 Å². The van der Waals surface area contributed by atoms with E-state index in [2.05, 4.69) is 6.58 Å². The van der Waals surface area contributed by atoms with Crippen molar-refractivity contribution in [3.63, 3.8) is 0 Å². The van der Waals surface area contributed by atoms with Gasteiger partial charge in [-0.3, -0.25) is 9.59 Å². The van der Waals surface area contributed by atoms with E-state index in [-0.39, 0.29) is 6.61 Å². The van der Waals surface area contributed by atoms with Gasteiger partial charge in [-0.15, -0.1) is 6.58 Å². The highest BCUT2D eigenvalue weighted by Crippen LogP contribution is 2.45. The minimum Gasteiger partial charge on any atom is -0.370 e. The molecule has 31 heavy (non-hydrogen) atoms. The van der Waals surface area contributed by atoms with Crippen LogP contribution in [0, 0.1) is 0 Å². The lowest BCUT2D eigenvalue weighted by Crippen LogP contribution is -2.55. The molecule has 0 aliphatic carbocycles. The Morgan fingerprint density at radius 2 is 1.35 bits per heavy atom. The summed E-state index contributed by atoms with van der Waals surface area (Å²) in [5.41, 5.74) is -0.0645. The molecule has 0 spiro atoms. The summed E-state index contributed by atoms with van der Waals surface area (Å²) in [7, 11) is 0. The molecule has 0 amide bonds. The maximum Gasteiger partial charge on any atom is 0.220 e. The number of carbonyl (C=O) groups is 2. The van der Waals surface area contributed by atoms with Crippen LogP contribution in [0.2, 0.25) is 0 Å². The van der Waals surface area contributed by atoms with E-state index in [1.54, 1.807) is 54.6 Å². The Morgan fingerprint density at radius 1 is 0.871 bits per heavy atom. The topological polar surface area (TPSA) is 52.6 Å². The van der Waals surface area contributed by atoms with Crippen molar-refractivity contribution < 1.29 is 19.1 Å². The van der Waals surface area contributed by atoms with E-state index in [1.165, 1.54) is 0 Å². The summed E-state index contributed by atoms with van der Waals surface area (Å²) in [4.78, 5) is 27.8. The zero-order valence-corrected chi connectivity index (χ0v) is 17.1. The van der Waals surface area contributed by atoms with Gasteiger partial charge in [0, 0.05) is 17.5 Å². The van der Waals surface area contributed by atoms with Gasteiger partial charge in [0.05, 0.1) is 12.7 Å². The van der Waals surface area contributed by atoms with Crippen LogP contribution in [0.4, 0.5) is 0 Å². The van der Waals surface area contributed by atoms with Gasteiger partial charge in [0.15, 0.2) is 0 Å². The van der Waals surface area contributed by atoms with E-state index in [0.29, 0.717) is 17.5 Å². The van der Waals surface area contributed by atoms with Crippen molar-refractivity contribution in [1.82, 2.24) is 0 Å². The Hall–Kier alpha value is -3.34. The minimum atomic E-state index is -1.79. The van der Waals surface area contributed by atoms with Gasteiger partial charge in [-0.25, -0.2) is 0 Å². The Balaban J connectivity index is 1.84. The molecule has 1 fully saturated rings. The van der Waals surface area contributed by atoms with Crippen LogP contribution in [0.3, 0.4) is 0 Å². The first-order valence-electron chi connectivity index (χ1n) is 10.3. The second kappa shape index (κ2) is 9.21. The van der Waals surface area contributed by atoms with Gasteiger partial charge in [0.2, 0.25) is 17.2 Å². The van der Waals surface area contributed by atoms with Gasteiger partial charge in [-0.2, -0.15) is 0 Å². The lowest BCUT2D eigenvalue weighted by molar-refractivity contribution is -0.0552. The molecule has 2 atom stereocenters. The molecule has 4 nitrogen and oxygen atoms in total. The predicted octanol–water partition coefficient (Wildman–Crippen LogP) is 5.22. The molecule has 3 aromatic rings. The molecule has 0 aromatic heterocycles. The number of benzene rings is 3. The van der Waals surface area contributed by atoms with E-state index >= 15 is 0 Å². The van der Waals surface area contributed by atoms with Crippen LogP contribution in [0.1, 0.15) is 38.8 Å². The lowest BCUT2D eigenvalue weighted by Gasteiger charge is -2.31. The Kier molecular flexibility index (Phi) is 6.21. The summed E-state index contributed by atoms with van der Waals surface area (Å²) < 4.78 is 12.4. The van der Waals surface area contributed by atoms with Crippen LogP contribution in [-0.4, -0.2) is 29.9 Å². The summed E-state index contributed by atoms with van der Waals surface area (Å²) in [5.74, 6) is -0.788. The molecule has 0 saturated carbocycles. The van der Waals surface area contributed by atoms with Gasteiger partial charge in [0.1, 0.15) is 6.10 Å². The number of hydrogen-bond acceptors (Lipinski definition) is 4. The summed E-state index contributed by atoms with van der Waals surface area (Å²) in [5, 5.41) is 0.